The number of hydrogen-bond acceptors (Lipinski definition) is 2. The first-order valence-electron chi connectivity index (χ1n) is 28.4. The molecule has 0 N–H and O–H groups in total. The minimum atomic E-state index is -0.0250. The zero-order chi connectivity index (χ0) is 52.9. The van der Waals surface area contributed by atoms with E-state index < -0.39 is 0 Å². The van der Waals surface area contributed by atoms with Crippen molar-refractivity contribution in [3.63, 3.8) is 0 Å². The van der Waals surface area contributed by atoms with Crippen LogP contribution in [0.15, 0.2) is 243 Å². The Labute approximate surface area is 469 Å². The minimum absolute atomic E-state index is 0.00759. The van der Waals surface area contributed by atoms with Crippen molar-refractivity contribution in [3.8, 4) is 50.7 Å². The molecule has 2 heterocycles. The highest BCUT2D eigenvalue weighted by molar-refractivity contribution is 6.21. The van der Waals surface area contributed by atoms with Gasteiger partial charge in [-0.25, -0.2) is 9.97 Å². The fourth-order valence-electron chi connectivity index (χ4n) is 14.8. The molecular weight excluding hydrogens is 981 g/mol. The molecule has 0 spiro atoms. The summed E-state index contributed by atoms with van der Waals surface area (Å²) in [6.07, 6.45) is 12.2. The highest BCUT2D eigenvalue weighted by Gasteiger charge is 2.45. The molecule has 0 bridgehead atoms. The highest BCUT2D eigenvalue weighted by Crippen LogP contribution is 2.64. The van der Waals surface area contributed by atoms with E-state index in [1.807, 2.05) is 12.1 Å². The van der Waals surface area contributed by atoms with Gasteiger partial charge in [0.25, 0.3) is 0 Å². The van der Waals surface area contributed by atoms with Gasteiger partial charge in [0.15, 0.2) is 0 Å². The highest BCUT2D eigenvalue weighted by atomic mass is 15.1. The van der Waals surface area contributed by atoms with Crippen LogP contribution in [0.1, 0.15) is 74.7 Å². The van der Waals surface area contributed by atoms with E-state index in [0.29, 0.717) is 0 Å². The summed E-state index contributed by atoms with van der Waals surface area (Å²) in [5, 5.41) is 5.21. The van der Waals surface area contributed by atoms with E-state index in [2.05, 4.69) is 252 Å². The topological polar surface area (TPSA) is 35.6 Å². The van der Waals surface area contributed by atoms with E-state index >= 15 is 0 Å². The second-order valence-corrected chi connectivity index (χ2v) is 22.4. The molecule has 2 atom stereocenters. The van der Waals surface area contributed by atoms with Crippen LogP contribution in [0.25, 0.3) is 117 Å². The van der Waals surface area contributed by atoms with Gasteiger partial charge in [0.2, 0.25) is 0 Å². The van der Waals surface area contributed by atoms with Crippen LogP contribution in [-0.2, 0) is 6.42 Å². The van der Waals surface area contributed by atoms with Gasteiger partial charge >= 0.3 is 0 Å². The average molecular weight is 1030 g/mol. The summed E-state index contributed by atoms with van der Waals surface area (Å²) >= 11 is 0. The van der Waals surface area contributed by atoms with Gasteiger partial charge in [-0.2, -0.15) is 0 Å². The fraction of sp³-hybridized carbons (Fsp3) is 0.0649. The van der Waals surface area contributed by atoms with E-state index in [4.69, 9.17) is 9.97 Å². The largest absolute Gasteiger partial charge is 0.292 e. The molecule has 5 aliphatic rings. The molecule has 18 rings (SSSR count). The van der Waals surface area contributed by atoms with Crippen molar-refractivity contribution in [1.82, 2.24) is 19.1 Å². The standard InChI is InChI=1S/C77H48N4/c1-3-19-52(20-4-1)80-68-31-13-11-29-66(68)78-76(80)49-37-33-47(34-38-49)70-63-45-62-59-42-41-46-17-7-9-23-54(46)56-25-15-27-58(72(56)59)61(62)44-64(63)71(75-65-43-51-18-8-10-24-55(51)57-26-16-28-60(73(57)65)74(70)75)48-35-39-50(40-36-48)77-79-67-30-12-14-32-69(67)81(77)53-21-5-2-6-22-53/h1,3-5,7-13,15-31,33-40,42-45,70,74H,2,6,41H2. The number of allylic oxidation sites excluding steroid dienone is 6. The Kier molecular flexibility index (Phi) is 9.41. The van der Waals surface area contributed by atoms with Crippen molar-refractivity contribution in [1.29, 1.82) is 0 Å². The van der Waals surface area contributed by atoms with Crippen LogP contribution in [0.3, 0.4) is 0 Å². The maximum Gasteiger partial charge on any atom is 0.146 e. The number of para-hydroxylation sites is 3. The van der Waals surface area contributed by atoms with Crippen LogP contribution in [0.4, 0.5) is 0 Å². The number of hydrogen-bond donors (Lipinski definition) is 0. The van der Waals surface area contributed by atoms with Crippen LogP contribution in [0, 0.1) is 12.1 Å². The molecule has 4 nitrogen and oxygen atoms in total. The summed E-state index contributed by atoms with van der Waals surface area (Å²) in [5.41, 5.74) is 29.4. The van der Waals surface area contributed by atoms with Gasteiger partial charge in [-0.15, -0.1) is 0 Å². The van der Waals surface area contributed by atoms with Gasteiger partial charge in [-0.1, -0.05) is 188 Å². The lowest BCUT2D eigenvalue weighted by Crippen LogP contribution is -2.20. The second kappa shape index (κ2) is 17.1. The van der Waals surface area contributed by atoms with E-state index in [0.717, 1.165) is 75.5 Å². The molecule has 81 heavy (non-hydrogen) atoms. The molecule has 5 aliphatic carbocycles. The monoisotopic (exact) mass is 1030 g/mol. The Bertz CT molecular complexity index is 5000. The molecule has 4 heteroatoms. The first kappa shape index (κ1) is 44.6. The predicted octanol–water partition coefficient (Wildman–Crippen LogP) is 18.6. The molecule has 0 saturated carbocycles. The summed E-state index contributed by atoms with van der Waals surface area (Å²) < 4.78 is 4.58. The molecule has 11 aromatic carbocycles. The molecule has 2 aromatic heterocycles. The van der Waals surface area contributed by atoms with Gasteiger partial charge < -0.3 is 0 Å². The van der Waals surface area contributed by atoms with Gasteiger partial charge in [0, 0.05) is 34.3 Å². The third kappa shape index (κ3) is 6.43. The Morgan fingerprint density at radius 1 is 0.481 bits per heavy atom. The van der Waals surface area contributed by atoms with Crippen molar-refractivity contribution in [2.75, 3.05) is 0 Å². The number of aromatic nitrogens is 4. The van der Waals surface area contributed by atoms with Crippen molar-refractivity contribution >= 4 is 66.0 Å². The average Bonchev–Trinajstić information content (AvgIpc) is 3.76. The summed E-state index contributed by atoms with van der Waals surface area (Å²) in [5.74, 6) is 1.82. The number of imidazole rings is 2. The van der Waals surface area contributed by atoms with Crippen molar-refractivity contribution in [2.24, 2.45) is 0 Å². The number of fused-ring (bicyclic) bond motifs is 13. The van der Waals surface area contributed by atoms with Gasteiger partial charge in [-0.3, -0.25) is 9.13 Å². The van der Waals surface area contributed by atoms with Gasteiger partial charge in [0.05, 0.1) is 16.6 Å². The number of benzene rings is 10. The normalized spacial score (nSPS) is 16.2. The Morgan fingerprint density at radius 2 is 1.21 bits per heavy atom. The summed E-state index contributed by atoms with van der Waals surface area (Å²) in [4.78, 5) is 10.6. The third-order valence-electron chi connectivity index (χ3n) is 18.2. The molecule has 0 aliphatic heterocycles. The molecule has 0 amide bonds. The van der Waals surface area contributed by atoms with Gasteiger partial charge in [-0.05, 0) is 197 Å². The second-order valence-electron chi connectivity index (χ2n) is 22.4. The zero-order valence-corrected chi connectivity index (χ0v) is 44.2. The Morgan fingerprint density at radius 3 is 2.09 bits per heavy atom. The SMILES string of the molecule is c1ccc2nc(-c3ccc(C4=C5c6cc7ccccc7c7cccc(c67)C5C(c5ccc(-c6nc7ccccc7n6-c6ccccc6)cc5)c5cc6c(cc54)-c4cccc5c4C6=CCc4ccccc4-5)cc3)n(C3=CCCC=C3)c2c#1. The Hall–Kier alpha value is -10.3. The van der Waals surface area contributed by atoms with Crippen LogP contribution in [-0.4, -0.2) is 19.1 Å². The molecule has 2 unspecified atom stereocenters. The van der Waals surface area contributed by atoms with E-state index in [9.17, 15) is 0 Å². The van der Waals surface area contributed by atoms with Gasteiger partial charge in [0.1, 0.15) is 17.2 Å². The van der Waals surface area contributed by atoms with E-state index in [1.165, 1.54) is 111 Å². The third-order valence-corrected chi connectivity index (χ3v) is 18.2. The lowest BCUT2D eigenvalue weighted by molar-refractivity contribution is 0.733. The number of rotatable bonds is 6. The van der Waals surface area contributed by atoms with Crippen molar-refractivity contribution < 1.29 is 0 Å². The maximum absolute atomic E-state index is 5.33. The molecule has 376 valence electrons. The fourth-order valence-corrected chi connectivity index (χ4v) is 14.8. The summed E-state index contributed by atoms with van der Waals surface area (Å²) in [6.45, 7) is 0. The molecule has 0 saturated heterocycles. The first-order valence-corrected chi connectivity index (χ1v) is 28.4. The van der Waals surface area contributed by atoms with Crippen LogP contribution < -0.4 is 0 Å². The molecule has 0 fully saturated rings. The molecular formula is C77H48N4. The predicted molar refractivity (Wildman–Crippen MR) is 332 cm³/mol. The molecule has 13 aromatic rings. The quantitative estimate of drug-likeness (QED) is 0.156. The van der Waals surface area contributed by atoms with Crippen molar-refractivity contribution in [3.05, 3.63) is 305 Å². The Balaban J connectivity index is 0.898. The first-order chi connectivity index (χ1) is 40.2. The van der Waals surface area contributed by atoms with Crippen molar-refractivity contribution in [2.45, 2.75) is 31.1 Å². The number of nitrogens with zero attached hydrogens (tertiary/aromatic N) is 4. The smallest absolute Gasteiger partial charge is 0.146 e. The molecule has 0 radical (unpaired) electrons. The van der Waals surface area contributed by atoms with Crippen LogP contribution in [0.5, 0.6) is 0 Å². The van der Waals surface area contributed by atoms with Crippen LogP contribution >= 0.6 is 0 Å². The minimum Gasteiger partial charge on any atom is -0.292 e. The van der Waals surface area contributed by atoms with E-state index in [1.54, 1.807) is 0 Å². The summed E-state index contributed by atoms with van der Waals surface area (Å²) in [7, 11) is 0. The van der Waals surface area contributed by atoms with Crippen LogP contribution in [0.2, 0.25) is 0 Å². The lowest BCUT2D eigenvalue weighted by atomic mass is 9.66. The zero-order valence-electron chi connectivity index (χ0n) is 44.2. The maximum atomic E-state index is 5.33. The lowest BCUT2D eigenvalue weighted by Gasteiger charge is -2.36. The summed E-state index contributed by atoms with van der Waals surface area (Å²) in [6, 6.07) is 88.3. The van der Waals surface area contributed by atoms with E-state index in [-0.39, 0.29) is 11.8 Å².